The molecule has 0 spiro atoms. The van der Waals surface area contributed by atoms with Crippen molar-refractivity contribution in [3.63, 3.8) is 0 Å². The Labute approximate surface area is 198 Å². The fourth-order valence-corrected chi connectivity index (χ4v) is 4.07. The molecule has 0 radical (unpaired) electrons. The fourth-order valence-electron chi connectivity index (χ4n) is 4.07. The maximum Gasteiger partial charge on any atom is 0.254 e. The third-order valence-corrected chi connectivity index (χ3v) is 5.97. The topological polar surface area (TPSA) is 90.3 Å². The average Bonchev–Trinajstić information content (AvgIpc) is 2.80. The Kier molecular flexibility index (Phi) is 6.88. The van der Waals surface area contributed by atoms with Crippen LogP contribution in [0.1, 0.15) is 28.4 Å². The van der Waals surface area contributed by atoms with Crippen LogP contribution in [0, 0.1) is 18.2 Å². The summed E-state index contributed by atoms with van der Waals surface area (Å²) >= 11 is 0. The molecule has 4 rings (SSSR count). The van der Waals surface area contributed by atoms with Gasteiger partial charge in [-0.2, -0.15) is 0 Å². The zero-order chi connectivity index (χ0) is 24.2. The molecule has 8 heteroatoms. The quantitative estimate of drug-likeness (QED) is 0.431. The molecule has 1 amide bonds. The molecule has 2 heterocycles. The van der Waals surface area contributed by atoms with Crippen molar-refractivity contribution in [2.24, 2.45) is 0 Å². The lowest BCUT2D eigenvalue weighted by atomic mass is 10.0. The lowest BCUT2D eigenvalue weighted by Crippen LogP contribution is -2.59. The van der Waals surface area contributed by atoms with Gasteiger partial charge in [0.15, 0.2) is 0 Å². The minimum Gasteiger partial charge on any atom is -0.457 e. The van der Waals surface area contributed by atoms with E-state index >= 15 is 4.39 Å². The molecule has 0 aliphatic carbocycles. The van der Waals surface area contributed by atoms with E-state index in [0.29, 0.717) is 28.3 Å². The summed E-state index contributed by atoms with van der Waals surface area (Å²) in [6.45, 7) is 6.32. The molecule has 3 aromatic rings. The number of likely N-dealkylation sites (tertiary alicyclic amines) is 1. The number of nitrogens with one attached hydrogen (secondary N) is 3. The highest BCUT2D eigenvalue weighted by molar-refractivity contribution is 5.96. The molecule has 1 aromatic heterocycles. The van der Waals surface area contributed by atoms with E-state index in [0.717, 1.165) is 30.9 Å². The van der Waals surface area contributed by atoms with E-state index in [9.17, 15) is 4.79 Å². The molecular weight excluding hydrogens is 433 g/mol. The molecule has 34 heavy (non-hydrogen) atoms. The third kappa shape index (κ3) is 4.92. The molecule has 1 saturated heterocycles. The summed E-state index contributed by atoms with van der Waals surface area (Å²) in [5.74, 6) is 0.174. The average molecular weight is 462 g/mol. The number of amides is 1. The Hall–Kier alpha value is -3.78. The molecule has 1 fully saturated rings. The monoisotopic (exact) mass is 461 g/mol. The van der Waals surface area contributed by atoms with Crippen molar-refractivity contribution in [2.75, 3.05) is 32.0 Å². The zero-order valence-corrected chi connectivity index (χ0v) is 19.5. The first-order valence-corrected chi connectivity index (χ1v) is 11.2. The summed E-state index contributed by atoms with van der Waals surface area (Å²) in [6, 6.07) is 12.0. The van der Waals surface area contributed by atoms with Crippen LogP contribution in [0.15, 0.2) is 48.7 Å². The van der Waals surface area contributed by atoms with Crippen LogP contribution in [0.5, 0.6) is 11.5 Å². The van der Waals surface area contributed by atoms with Gasteiger partial charge in [-0.3, -0.25) is 14.7 Å². The zero-order valence-electron chi connectivity index (χ0n) is 19.5. The summed E-state index contributed by atoms with van der Waals surface area (Å²) < 4.78 is 21.0. The van der Waals surface area contributed by atoms with Gasteiger partial charge in [0.2, 0.25) is 0 Å². The van der Waals surface area contributed by atoms with Crippen molar-refractivity contribution in [1.29, 1.82) is 5.41 Å². The number of anilines is 1. The molecule has 0 unspecified atom stereocenters. The van der Waals surface area contributed by atoms with Gasteiger partial charge in [0.05, 0.1) is 17.3 Å². The number of carbonyl (C=O) groups excluding carboxylic acids is 1. The number of likely N-dealkylation sites (N-methyl/N-ethyl adjacent to an activating group) is 1. The first-order chi connectivity index (χ1) is 16.4. The Morgan fingerprint density at radius 2 is 2.00 bits per heavy atom. The highest BCUT2D eigenvalue weighted by atomic mass is 19.1. The van der Waals surface area contributed by atoms with Gasteiger partial charge < -0.3 is 20.8 Å². The van der Waals surface area contributed by atoms with E-state index in [-0.39, 0.29) is 17.5 Å². The molecule has 7 nitrogen and oxygen atoms in total. The van der Waals surface area contributed by atoms with Crippen LogP contribution >= 0.6 is 0 Å². The second kappa shape index (κ2) is 10.0. The predicted molar refractivity (Wildman–Crippen MR) is 132 cm³/mol. The Bertz CT molecular complexity index is 1200. The standard InChI is InChI=1S/C26H28FN5O2/c1-4-32-14-19(15-32)31-26(33)25-16(2)9-18(10-22(25)27)24-12-21(7-8-30-24)34-20-6-5-17(13-28)23(11-20)29-3/h5-13,19,28-29H,4,14-15H2,1-3H3,(H,31,33). The summed E-state index contributed by atoms with van der Waals surface area (Å²) in [4.78, 5) is 19.2. The van der Waals surface area contributed by atoms with Crippen molar-refractivity contribution < 1.29 is 13.9 Å². The second-order valence-electron chi connectivity index (χ2n) is 8.29. The van der Waals surface area contributed by atoms with Crippen LogP contribution in [0.25, 0.3) is 11.3 Å². The van der Waals surface area contributed by atoms with Gasteiger partial charge in [0.25, 0.3) is 5.91 Å². The van der Waals surface area contributed by atoms with Crippen LogP contribution in [0.3, 0.4) is 0 Å². The molecule has 0 bridgehead atoms. The van der Waals surface area contributed by atoms with Gasteiger partial charge in [-0.25, -0.2) is 4.39 Å². The largest absolute Gasteiger partial charge is 0.457 e. The highest BCUT2D eigenvalue weighted by Crippen LogP contribution is 2.30. The Balaban J connectivity index is 1.53. The van der Waals surface area contributed by atoms with Crippen LogP contribution in [0.2, 0.25) is 0 Å². The molecule has 1 aliphatic heterocycles. The maximum atomic E-state index is 15.0. The summed E-state index contributed by atoms with van der Waals surface area (Å²) in [5.41, 5.74) is 3.24. The van der Waals surface area contributed by atoms with Gasteiger partial charge in [0, 0.05) is 61.5 Å². The summed E-state index contributed by atoms with van der Waals surface area (Å²) in [6.07, 6.45) is 2.87. The first kappa shape index (κ1) is 23.4. The van der Waals surface area contributed by atoms with Gasteiger partial charge in [-0.15, -0.1) is 0 Å². The number of hydrogen-bond donors (Lipinski definition) is 3. The number of aryl methyl sites for hydroxylation is 1. The number of pyridine rings is 1. The van der Waals surface area contributed by atoms with Crippen LogP contribution < -0.4 is 15.4 Å². The van der Waals surface area contributed by atoms with E-state index < -0.39 is 5.82 Å². The number of aromatic nitrogens is 1. The van der Waals surface area contributed by atoms with Crippen LogP contribution in [0.4, 0.5) is 10.1 Å². The van der Waals surface area contributed by atoms with Crippen LogP contribution in [-0.2, 0) is 0 Å². The number of carbonyl (C=O) groups is 1. The maximum absolute atomic E-state index is 15.0. The number of benzene rings is 2. The number of halogens is 1. The molecule has 3 N–H and O–H groups in total. The Morgan fingerprint density at radius 3 is 2.68 bits per heavy atom. The Morgan fingerprint density at radius 1 is 1.24 bits per heavy atom. The van der Waals surface area contributed by atoms with Gasteiger partial charge in [0.1, 0.15) is 17.3 Å². The van der Waals surface area contributed by atoms with E-state index in [1.165, 1.54) is 12.3 Å². The third-order valence-electron chi connectivity index (χ3n) is 5.97. The highest BCUT2D eigenvalue weighted by Gasteiger charge is 2.28. The van der Waals surface area contributed by atoms with Crippen molar-refractivity contribution in [3.05, 3.63) is 71.2 Å². The number of nitrogens with zero attached hydrogens (tertiary/aromatic N) is 2. The number of rotatable bonds is 8. The van der Waals surface area contributed by atoms with Crippen molar-refractivity contribution in [2.45, 2.75) is 19.9 Å². The summed E-state index contributed by atoms with van der Waals surface area (Å²) in [5, 5.41) is 13.4. The fraction of sp³-hybridized carbons (Fsp3) is 0.269. The summed E-state index contributed by atoms with van der Waals surface area (Å²) in [7, 11) is 1.78. The molecular formula is C26H28FN5O2. The normalized spacial score (nSPS) is 13.8. The van der Waals surface area contributed by atoms with E-state index in [2.05, 4.69) is 27.4 Å². The second-order valence-corrected chi connectivity index (χ2v) is 8.29. The number of hydrogen-bond acceptors (Lipinski definition) is 6. The SMILES string of the molecule is CCN1CC(NC(=O)c2c(C)cc(-c3cc(Oc4ccc(C=N)c(NC)c4)ccn3)cc2F)C1. The van der Waals surface area contributed by atoms with Gasteiger partial charge in [-0.1, -0.05) is 6.92 Å². The van der Waals surface area contributed by atoms with E-state index in [4.69, 9.17) is 10.1 Å². The molecule has 2 aromatic carbocycles. The molecule has 176 valence electrons. The molecule has 0 atom stereocenters. The van der Waals surface area contributed by atoms with E-state index in [1.54, 1.807) is 56.6 Å². The van der Waals surface area contributed by atoms with Crippen LogP contribution in [-0.4, -0.2) is 54.7 Å². The number of ether oxygens (including phenoxy) is 1. The molecule has 1 aliphatic rings. The minimum absolute atomic E-state index is 0.0536. The van der Waals surface area contributed by atoms with Crippen molar-refractivity contribution in [3.8, 4) is 22.8 Å². The van der Waals surface area contributed by atoms with E-state index in [1.807, 2.05) is 0 Å². The molecule has 0 saturated carbocycles. The van der Waals surface area contributed by atoms with Gasteiger partial charge >= 0.3 is 0 Å². The lowest BCUT2D eigenvalue weighted by Gasteiger charge is -2.38. The first-order valence-electron chi connectivity index (χ1n) is 11.2. The van der Waals surface area contributed by atoms with Gasteiger partial charge in [-0.05, 0) is 49.4 Å². The predicted octanol–water partition coefficient (Wildman–Crippen LogP) is 4.46. The van der Waals surface area contributed by atoms with Crippen molar-refractivity contribution >= 4 is 17.8 Å². The van der Waals surface area contributed by atoms with Crippen molar-refractivity contribution in [1.82, 2.24) is 15.2 Å². The smallest absolute Gasteiger partial charge is 0.254 e. The lowest BCUT2D eigenvalue weighted by molar-refractivity contribution is 0.0820. The minimum atomic E-state index is -0.576.